The van der Waals surface area contributed by atoms with Gasteiger partial charge in [0, 0.05) is 38.3 Å². The molecule has 0 spiro atoms. The Labute approximate surface area is 184 Å². The Kier molecular flexibility index (Phi) is 5.94. The van der Waals surface area contributed by atoms with E-state index in [2.05, 4.69) is 0 Å². The van der Waals surface area contributed by atoms with Crippen LogP contribution >= 0.6 is 0 Å². The summed E-state index contributed by atoms with van der Waals surface area (Å²) >= 11 is 0. The fraction of sp³-hybridized carbons (Fsp3) is 0.292. The average Bonchev–Trinajstić information content (AvgIpc) is 2.80. The van der Waals surface area contributed by atoms with Crippen molar-refractivity contribution in [3.05, 3.63) is 92.5 Å². The normalized spacial score (nSPS) is 14.0. The van der Waals surface area contributed by atoms with Crippen LogP contribution in [0.1, 0.15) is 23.0 Å². The van der Waals surface area contributed by atoms with Crippen LogP contribution in [0.15, 0.2) is 64.2 Å². The third-order valence-corrected chi connectivity index (χ3v) is 5.83. The molecule has 1 saturated heterocycles. The number of carbonyl (C=O) groups excluding carboxylic acids is 1. The molecule has 0 bridgehead atoms. The Bertz CT molecular complexity index is 1260. The molecule has 1 aromatic heterocycles. The Hall–Kier alpha value is -3.68. The second-order valence-electron chi connectivity index (χ2n) is 7.73. The number of halogens is 1. The Balaban J connectivity index is 1.66. The summed E-state index contributed by atoms with van der Waals surface area (Å²) in [4.78, 5) is 42.5. The van der Waals surface area contributed by atoms with Crippen LogP contribution in [0.4, 0.5) is 10.1 Å². The number of benzene rings is 2. The van der Waals surface area contributed by atoms with Gasteiger partial charge in [-0.15, -0.1) is 0 Å². The smallest absolute Gasteiger partial charge is 0.335 e. The minimum Gasteiger partial charge on any atom is -0.362 e. The molecule has 7 nitrogen and oxygen atoms in total. The minimum absolute atomic E-state index is 0.235. The van der Waals surface area contributed by atoms with Gasteiger partial charge in [0.1, 0.15) is 11.5 Å². The van der Waals surface area contributed by atoms with E-state index in [1.807, 2.05) is 35.2 Å². The number of hydrogen-bond acceptors (Lipinski definition) is 4. The molecule has 0 unspecified atom stereocenters. The lowest BCUT2D eigenvalue weighted by Crippen LogP contribution is -2.52. The molecule has 1 aliphatic heterocycles. The molecule has 2 aromatic carbocycles. The van der Waals surface area contributed by atoms with Crippen molar-refractivity contribution in [3.63, 3.8) is 0 Å². The molecule has 4 rings (SSSR count). The highest BCUT2D eigenvalue weighted by Crippen LogP contribution is 2.20. The van der Waals surface area contributed by atoms with Crippen LogP contribution in [0, 0.1) is 12.7 Å². The van der Waals surface area contributed by atoms with E-state index < -0.39 is 5.82 Å². The third kappa shape index (κ3) is 3.84. The number of nitrogens with zero attached hydrogens (tertiary/aromatic N) is 4. The number of para-hydroxylation sites is 1. The molecule has 3 aromatic rings. The summed E-state index contributed by atoms with van der Waals surface area (Å²) in [5.74, 6) is -0.686. The van der Waals surface area contributed by atoms with Gasteiger partial charge in [-0.2, -0.15) is 0 Å². The third-order valence-electron chi connectivity index (χ3n) is 5.83. The molecule has 2 heterocycles. The van der Waals surface area contributed by atoms with Gasteiger partial charge in [0.15, 0.2) is 0 Å². The SMILES string of the molecule is CCn1c(=O)c(N2CCN(C(=O)c3cccc(F)c3)CC2)c(C)n(-c2ccccc2)c1=O. The van der Waals surface area contributed by atoms with E-state index in [-0.39, 0.29) is 23.7 Å². The van der Waals surface area contributed by atoms with Crippen LogP contribution < -0.4 is 16.1 Å². The molecule has 166 valence electrons. The van der Waals surface area contributed by atoms with E-state index in [4.69, 9.17) is 0 Å². The van der Waals surface area contributed by atoms with Crippen LogP contribution in [-0.4, -0.2) is 46.1 Å². The maximum absolute atomic E-state index is 13.5. The molecule has 32 heavy (non-hydrogen) atoms. The predicted molar refractivity (Wildman–Crippen MR) is 121 cm³/mol. The zero-order valence-electron chi connectivity index (χ0n) is 18.1. The first kappa shape index (κ1) is 21.5. The zero-order chi connectivity index (χ0) is 22.8. The van der Waals surface area contributed by atoms with Crippen molar-refractivity contribution in [2.75, 3.05) is 31.1 Å². The van der Waals surface area contributed by atoms with Gasteiger partial charge < -0.3 is 9.80 Å². The van der Waals surface area contributed by atoms with Crippen molar-refractivity contribution < 1.29 is 9.18 Å². The number of rotatable bonds is 4. The Morgan fingerprint density at radius 1 is 0.969 bits per heavy atom. The van der Waals surface area contributed by atoms with Gasteiger partial charge in [0.2, 0.25) is 0 Å². The number of amides is 1. The van der Waals surface area contributed by atoms with Gasteiger partial charge in [-0.3, -0.25) is 18.7 Å². The summed E-state index contributed by atoms with van der Waals surface area (Å²) in [6, 6.07) is 14.9. The zero-order valence-corrected chi connectivity index (χ0v) is 18.1. The lowest BCUT2D eigenvalue weighted by molar-refractivity contribution is 0.0746. The standard InChI is InChI=1S/C24H25FN4O3/c1-3-28-23(31)21(17(2)29(24(28)32)20-10-5-4-6-11-20)26-12-14-27(15-13-26)22(30)18-8-7-9-19(25)16-18/h4-11,16H,3,12-15H2,1-2H3. The van der Waals surface area contributed by atoms with Gasteiger partial charge in [-0.05, 0) is 44.2 Å². The number of aromatic nitrogens is 2. The first-order chi connectivity index (χ1) is 15.4. The van der Waals surface area contributed by atoms with Crippen molar-refractivity contribution in [2.45, 2.75) is 20.4 Å². The summed E-state index contributed by atoms with van der Waals surface area (Å²) in [7, 11) is 0. The molecule has 0 radical (unpaired) electrons. The Morgan fingerprint density at radius 2 is 1.66 bits per heavy atom. The number of carbonyl (C=O) groups is 1. The molecular formula is C24H25FN4O3. The fourth-order valence-corrected chi connectivity index (χ4v) is 4.20. The molecule has 1 aliphatic rings. The second-order valence-corrected chi connectivity index (χ2v) is 7.73. The van der Waals surface area contributed by atoms with Gasteiger partial charge >= 0.3 is 5.69 Å². The fourth-order valence-electron chi connectivity index (χ4n) is 4.20. The van der Waals surface area contributed by atoms with E-state index in [1.165, 1.54) is 22.8 Å². The number of anilines is 1. The van der Waals surface area contributed by atoms with Gasteiger partial charge in [0.05, 0.1) is 11.4 Å². The number of piperazine rings is 1. The van der Waals surface area contributed by atoms with Crippen molar-refractivity contribution >= 4 is 11.6 Å². The van der Waals surface area contributed by atoms with Crippen LogP contribution in [0.5, 0.6) is 0 Å². The summed E-state index contributed by atoms with van der Waals surface area (Å²) in [5, 5.41) is 0. The summed E-state index contributed by atoms with van der Waals surface area (Å²) in [6.45, 7) is 5.47. The highest BCUT2D eigenvalue weighted by molar-refractivity contribution is 5.94. The Morgan fingerprint density at radius 3 is 2.28 bits per heavy atom. The van der Waals surface area contributed by atoms with Crippen molar-refractivity contribution in [1.82, 2.24) is 14.0 Å². The second kappa shape index (κ2) is 8.82. The highest BCUT2D eigenvalue weighted by atomic mass is 19.1. The first-order valence-electron chi connectivity index (χ1n) is 10.6. The lowest BCUT2D eigenvalue weighted by atomic mass is 10.1. The van der Waals surface area contributed by atoms with Crippen LogP contribution in [0.3, 0.4) is 0 Å². The van der Waals surface area contributed by atoms with E-state index in [9.17, 15) is 18.8 Å². The lowest BCUT2D eigenvalue weighted by Gasteiger charge is -2.36. The average molecular weight is 436 g/mol. The molecule has 0 aliphatic carbocycles. The topological polar surface area (TPSA) is 67.6 Å². The van der Waals surface area contributed by atoms with Crippen molar-refractivity contribution in [1.29, 1.82) is 0 Å². The highest BCUT2D eigenvalue weighted by Gasteiger charge is 2.27. The molecule has 0 saturated carbocycles. The van der Waals surface area contributed by atoms with Gasteiger partial charge in [-0.1, -0.05) is 24.3 Å². The van der Waals surface area contributed by atoms with E-state index in [1.54, 1.807) is 29.4 Å². The number of hydrogen-bond donors (Lipinski definition) is 0. The van der Waals surface area contributed by atoms with Crippen LogP contribution in [-0.2, 0) is 6.54 Å². The first-order valence-corrected chi connectivity index (χ1v) is 10.6. The van der Waals surface area contributed by atoms with Gasteiger partial charge in [0.25, 0.3) is 11.5 Å². The summed E-state index contributed by atoms with van der Waals surface area (Å²) < 4.78 is 16.3. The maximum atomic E-state index is 13.5. The predicted octanol–water partition coefficient (Wildman–Crippen LogP) is 2.43. The van der Waals surface area contributed by atoms with E-state index in [0.717, 1.165) is 0 Å². The van der Waals surface area contributed by atoms with E-state index in [0.29, 0.717) is 48.8 Å². The van der Waals surface area contributed by atoms with Gasteiger partial charge in [-0.25, -0.2) is 9.18 Å². The summed E-state index contributed by atoms with van der Waals surface area (Å²) in [5.41, 5.74) is 1.34. The van der Waals surface area contributed by atoms with Crippen LogP contribution in [0.25, 0.3) is 5.69 Å². The largest absolute Gasteiger partial charge is 0.362 e. The molecule has 1 amide bonds. The van der Waals surface area contributed by atoms with Crippen molar-refractivity contribution in [3.8, 4) is 5.69 Å². The molecule has 8 heteroatoms. The molecule has 0 N–H and O–H groups in total. The summed E-state index contributed by atoms with van der Waals surface area (Å²) in [6.07, 6.45) is 0. The molecule has 1 fully saturated rings. The maximum Gasteiger partial charge on any atom is 0.335 e. The monoisotopic (exact) mass is 436 g/mol. The molecular weight excluding hydrogens is 411 g/mol. The molecule has 0 atom stereocenters. The van der Waals surface area contributed by atoms with Crippen molar-refractivity contribution in [2.24, 2.45) is 0 Å². The van der Waals surface area contributed by atoms with E-state index >= 15 is 0 Å². The quantitative estimate of drug-likeness (QED) is 0.630. The minimum atomic E-state index is -0.451. The van der Waals surface area contributed by atoms with Crippen LogP contribution in [0.2, 0.25) is 0 Å².